The quantitative estimate of drug-likeness (QED) is 0.404. The molecule has 0 aliphatic heterocycles. The molecule has 3 aromatic rings. The van der Waals surface area contributed by atoms with E-state index in [-0.39, 0.29) is 16.5 Å². The van der Waals surface area contributed by atoms with Gasteiger partial charge in [-0.2, -0.15) is 22.5 Å². The van der Waals surface area contributed by atoms with Crippen molar-refractivity contribution in [2.24, 2.45) is 0 Å². The molecular formula is C17H7F4NO4S. The summed E-state index contributed by atoms with van der Waals surface area (Å²) in [6.07, 6.45) is 0. The van der Waals surface area contributed by atoms with Gasteiger partial charge in [0.2, 0.25) is 17.4 Å². The lowest BCUT2D eigenvalue weighted by molar-refractivity contribution is 0.366. The van der Waals surface area contributed by atoms with Gasteiger partial charge in [0.15, 0.2) is 11.6 Å². The highest BCUT2D eigenvalue weighted by Crippen LogP contribution is 2.36. The van der Waals surface area contributed by atoms with E-state index in [2.05, 4.69) is 0 Å². The summed E-state index contributed by atoms with van der Waals surface area (Å²) >= 11 is 0. The molecular weight excluding hydrogens is 390 g/mol. The minimum Gasteiger partial charge on any atom is -0.450 e. The zero-order chi connectivity index (χ0) is 19.9. The summed E-state index contributed by atoms with van der Waals surface area (Å²) < 4.78 is 91.9. The lowest BCUT2D eigenvalue weighted by Crippen LogP contribution is -2.04. The first kappa shape index (κ1) is 18.6. The van der Waals surface area contributed by atoms with Crippen LogP contribution in [0.4, 0.5) is 17.6 Å². The minimum absolute atomic E-state index is 0.147. The van der Waals surface area contributed by atoms with Crippen molar-refractivity contribution >= 4 is 20.9 Å². The molecule has 27 heavy (non-hydrogen) atoms. The van der Waals surface area contributed by atoms with E-state index in [1.165, 1.54) is 24.3 Å². The van der Waals surface area contributed by atoms with Gasteiger partial charge in [-0.3, -0.25) is 4.55 Å². The van der Waals surface area contributed by atoms with E-state index in [9.17, 15) is 26.0 Å². The lowest BCUT2D eigenvalue weighted by Gasteiger charge is -2.12. The molecule has 0 unspecified atom stereocenters. The first-order chi connectivity index (χ1) is 12.6. The third kappa shape index (κ3) is 3.18. The van der Waals surface area contributed by atoms with Gasteiger partial charge < -0.3 is 4.74 Å². The smallest absolute Gasteiger partial charge is 0.294 e. The molecule has 0 saturated carbocycles. The van der Waals surface area contributed by atoms with E-state index >= 15 is 0 Å². The normalized spacial score (nSPS) is 11.4. The molecule has 138 valence electrons. The average Bonchev–Trinajstić information content (AvgIpc) is 2.63. The second kappa shape index (κ2) is 6.53. The maximum absolute atomic E-state index is 14.0. The molecule has 10 heteroatoms. The van der Waals surface area contributed by atoms with Crippen molar-refractivity contribution in [3.63, 3.8) is 0 Å². The summed E-state index contributed by atoms with van der Waals surface area (Å²) in [5.41, 5.74) is -1.42. The molecule has 0 aliphatic carbocycles. The number of ether oxygens (including phenoxy) is 1. The Morgan fingerprint density at radius 3 is 2.15 bits per heavy atom. The largest absolute Gasteiger partial charge is 0.450 e. The highest BCUT2D eigenvalue weighted by Gasteiger charge is 2.27. The maximum Gasteiger partial charge on any atom is 0.294 e. The van der Waals surface area contributed by atoms with Crippen LogP contribution in [0.5, 0.6) is 11.5 Å². The molecule has 0 aliphatic rings. The monoisotopic (exact) mass is 397 g/mol. The Morgan fingerprint density at radius 2 is 1.59 bits per heavy atom. The molecule has 0 saturated heterocycles. The number of benzene rings is 3. The first-order valence-corrected chi connectivity index (χ1v) is 8.53. The van der Waals surface area contributed by atoms with Gasteiger partial charge in [-0.15, -0.1) is 0 Å². The van der Waals surface area contributed by atoms with Crippen molar-refractivity contribution < 1.29 is 35.3 Å². The Kier molecular flexibility index (Phi) is 4.51. The first-order valence-electron chi connectivity index (χ1n) is 7.09. The van der Waals surface area contributed by atoms with Crippen LogP contribution < -0.4 is 4.74 Å². The van der Waals surface area contributed by atoms with Gasteiger partial charge in [0, 0.05) is 5.39 Å². The Morgan fingerprint density at radius 1 is 0.963 bits per heavy atom. The molecule has 0 radical (unpaired) electrons. The summed E-state index contributed by atoms with van der Waals surface area (Å²) in [5.74, 6) is -9.22. The number of rotatable bonds is 3. The second-order valence-electron chi connectivity index (χ2n) is 5.29. The highest BCUT2D eigenvalue weighted by molar-refractivity contribution is 7.85. The number of hydrogen-bond donors (Lipinski definition) is 1. The molecule has 3 rings (SSSR count). The fraction of sp³-hybridized carbons (Fsp3) is 0. The summed E-state index contributed by atoms with van der Waals surface area (Å²) in [4.78, 5) is -0.431. The molecule has 0 bridgehead atoms. The minimum atomic E-state index is -4.49. The van der Waals surface area contributed by atoms with Gasteiger partial charge in [-0.1, -0.05) is 12.1 Å². The van der Waals surface area contributed by atoms with Crippen LogP contribution in [0, 0.1) is 34.6 Å². The van der Waals surface area contributed by atoms with Crippen molar-refractivity contribution in [2.45, 2.75) is 4.90 Å². The maximum atomic E-state index is 14.0. The Bertz CT molecular complexity index is 1210. The Labute approximate surface area is 149 Å². The molecule has 0 amide bonds. The van der Waals surface area contributed by atoms with Crippen molar-refractivity contribution in [3.05, 3.63) is 65.2 Å². The fourth-order valence-corrected chi connectivity index (χ4v) is 2.91. The molecule has 0 heterocycles. The van der Waals surface area contributed by atoms with Gasteiger partial charge in [-0.25, -0.2) is 8.78 Å². The zero-order valence-corrected chi connectivity index (χ0v) is 13.8. The predicted molar refractivity (Wildman–Crippen MR) is 84.8 cm³/mol. The molecule has 0 spiro atoms. The van der Waals surface area contributed by atoms with Crippen LogP contribution in [0.1, 0.15) is 5.56 Å². The van der Waals surface area contributed by atoms with Crippen LogP contribution in [0.2, 0.25) is 0 Å². The predicted octanol–water partition coefficient (Wildman–Crippen LogP) is 4.31. The summed E-state index contributed by atoms with van der Waals surface area (Å²) in [7, 11) is -4.49. The topological polar surface area (TPSA) is 87.4 Å². The molecule has 0 aromatic heterocycles. The SMILES string of the molecule is N#Cc1c(F)c(F)c(Oc2cccc3cc(S(=O)(=O)O)ccc23)c(F)c1F. The number of fused-ring (bicyclic) bond motifs is 1. The number of hydrogen-bond acceptors (Lipinski definition) is 4. The van der Waals surface area contributed by atoms with Crippen molar-refractivity contribution in [1.82, 2.24) is 0 Å². The number of nitriles is 1. The zero-order valence-electron chi connectivity index (χ0n) is 13.0. The molecule has 5 nitrogen and oxygen atoms in total. The third-order valence-electron chi connectivity index (χ3n) is 3.66. The van der Waals surface area contributed by atoms with Crippen molar-refractivity contribution in [2.75, 3.05) is 0 Å². The lowest BCUT2D eigenvalue weighted by atomic mass is 10.1. The third-order valence-corrected chi connectivity index (χ3v) is 4.51. The van der Waals surface area contributed by atoms with Crippen LogP contribution in [0.25, 0.3) is 10.8 Å². The summed E-state index contributed by atoms with van der Waals surface area (Å²) in [6, 6.07) is 8.26. The van der Waals surface area contributed by atoms with Crippen LogP contribution in [-0.4, -0.2) is 13.0 Å². The van der Waals surface area contributed by atoms with Crippen LogP contribution in [0.3, 0.4) is 0 Å². The Balaban J connectivity index is 2.18. The van der Waals surface area contributed by atoms with Gasteiger partial charge in [-0.05, 0) is 29.7 Å². The summed E-state index contributed by atoms with van der Waals surface area (Å²) in [5, 5.41) is 8.94. The molecule has 0 fully saturated rings. The van der Waals surface area contributed by atoms with E-state index in [4.69, 9.17) is 14.6 Å². The van der Waals surface area contributed by atoms with Gasteiger partial charge in [0.1, 0.15) is 17.4 Å². The van der Waals surface area contributed by atoms with E-state index in [1.54, 1.807) is 0 Å². The Hall–Kier alpha value is -3.16. The van der Waals surface area contributed by atoms with Crippen LogP contribution in [0.15, 0.2) is 41.3 Å². The summed E-state index contributed by atoms with van der Waals surface area (Å²) in [6.45, 7) is 0. The van der Waals surface area contributed by atoms with E-state index in [0.717, 1.165) is 18.2 Å². The number of halogens is 4. The number of nitrogens with zero attached hydrogens (tertiary/aromatic N) is 1. The van der Waals surface area contributed by atoms with E-state index in [0.29, 0.717) is 0 Å². The van der Waals surface area contributed by atoms with Crippen molar-refractivity contribution in [1.29, 1.82) is 5.26 Å². The molecule has 3 aromatic carbocycles. The second-order valence-corrected chi connectivity index (χ2v) is 6.71. The van der Waals surface area contributed by atoms with E-state index < -0.39 is 49.6 Å². The van der Waals surface area contributed by atoms with Crippen LogP contribution >= 0.6 is 0 Å². The standard InChI is InChI=1S/C17H7F4NO4S/c18-13-11(7-22)14(19)16(21)17(15(13)20)26-12-3-1-2-8-6-9(27(23,24)25)4-5-10(8)12/h1-6H,(H,23,24,25). The molecule has 0 atom stereocenters. The van der Waals surface area contributed by atoms with Gasteiger partial charge in [0.25, 0.3) is 10.1 Å². The van der Waals surface area contributed by atoms with Crippen LogP contribution in [-0.2, 0) is 10.1 Å². The van der Waals surface area contributed by atoms with Gasteiger partial charge in [0.05, 0.1) is 4.90 Å². The van der Waals surface area contributed by atoms with E-state index in [1.807, 2.05) is 0 Å². The average molecular weight is 397 g/mol. The van der Waals surface area contributed by atoms with Gasteiger partial charge >= 0.3 is 0 Å². The van der Waals surface area contributed by atoms with Crippen molar-refractivity contribution in [3.8, 4) is 17.6 Å². The fourth-order valence-electron chi connectivity index (χ4n) is 2.39. The highest BCUT2D eigenvalue weighted by atomic mass is 32.2. The molecule has 1 N–H and O–H groups in total.